The zero-order valence-electron chi connectivity index (χ0n) is 12.2. The second kappa shape index (κ2) is 8.10. The summed E-state index contributed by atoms with van der Waals surface area (Å²) >= 11 is 0. The van der Waals surface area contributed by atoms with Gasteiger partial charge in [0.05, 0.1) is 0 Å². The van der Waals surface area contributed by atoms with E-state index in [4.69, 9.17) is 4.74 Å². The molecular formula is C15H31NO. The molecular weight excluding hydrogens is 210 g/mol. The maximum Gasteiger partial charge on any atom is 0.0490 e. The first-order chi connectivity index (χ1) is 8.22. The van der Waals surface area contributed by atoms with Crippen LogP contribution in [0, 0.1) is 23.7 Å². The Morgan fingerprint density at radius 1 is 1.29 bits per heavy atom. The highest BCUT2D eigenvalue weighted by Crippen LogP contribution is 2.39. The third-order valence-corrected chi connectivity index (χ3v) is 4.55. The molecule has 0 aliphatic heterocycles. The second-order valence-electron chi connectivity index (χ2n) is 5.75. The van der Waals surface area contributed by atoms with Crippen molar-refractivity contribution in [3.05, 3.63) is 0 Å². The van der Waals surface area contributed by atoms with Crippen molar-refractivity contribution in [3.63, 3.8) is 0 Å². The molecule has 0 saturated heterocycles. The average Bonchev–Trinajstić information content (AvgIpc) is 2.36. The molecule has 0 aromatic heterocycles. The molecule has 0 amide bonds. The first kappa shape index (κ1) is 15.0. The molecule has 102 valence electrons. The Balaban J connectivity index is 2.54. The van der Waals surface area contributed by atoms with E-state index in [2.05, 4.69) is 26.1 Å². The van der Waals surface area contributed by atoms with Crippen LogP contribution in [0.5, 0.6) is 0 Å². The zero-order chi connectivity index (χ0) is 12.7. The molecule has 0 radical (unpaired) electrons. The summed E-state index contributed by atoms with van der Waals surface area (Å²) < 4.78 is 5.36. The van der Waals surface area contributed by atoms with Crippen molar-refractivity contribution in [1.29, 1.82) is 0 Å². The van der Waals surface area contributed by atoms with Crippen molar-refractivity contribution in [3.8, 4) is 0 Å². The van der Waals surface area contributed by atoms with Crippen LogP contribution in [-0.4, -0.2) is 26.8 Å². The van der Waals surface area contributed by atoms with E-state index < -0.39 is 0 Å². The predicted molar refractivity (Wildman–Crippen MR) is 74.2 cm³/mol. The van der Waals surface area contributed by atoms with Crippen LogP contribution in [0.1, 0.15) is 46.5 Å². The summed E-state index contributed by atoms with van der Waals surface area (Å²) in [7, 11) is 1.83. The minimum Gasteiger partial charge on any atom is -0.384 e. The van der Waals surface area contributed by atoms with Gasteiger partial charge in [-0.05, 0) is 49.6 Å². The first-order valence-electron chi connectivity index (χ1n) is 7.42. The Kier molecular flexibility index (Phi) is 7.14. The SMILES string of the molecule is CCNCC1CCC(CC)CC1C(C)COC. The molecule has 4 unspecified atom stereocenters. The normalized spacial score (nSPS) is 31.4. The van der Waals surface area contributed by atoms with Gasteiger partial charge in [-0.2, -0.15) is 0 Å². The minimum atomic E-state index is 0.706. The standard InChI is InChI=1S/C15H31NO/c1-5-13-7-8-14(10-16-6-2)15(9-13)12(3)11-17-4/h12-16H,5-11H2,1-4H3. The summed E-state index contributed by atoms with van der Waals surface area (Å²) in [4.78, 5) is 0. The van der Waals surface area contributed by atoms with Gasteiger partial charge in [0, 0.05) is 13.7 Å². The zero-order valence-corrected chi connectivity index (χ0v) is 12.2. The lowest BCUT2D eigenvalue weighted by Gasteiger charge is -2.39. The molecule has 0 spiro atoms. The van der Waals surface area contributed by atoms with Gasteiger partial charge in [0.15, 0.2) is 0 Å². The molecule has 1 rings (SSSR count). The molecule has 1 aliphatic carbocycles. The van der Waals surface area contributed by atoms with E-state index in [1.807, 2.05) is 7.11 Å². The van der Waals surface area contributed by atoms with Gasteiger partial charge in [-0.15, -0.1) is 0 Å². The number of hydrogen-bond donors (Lipinski definition) is 1. The van der Waals surface area contributed by atoms with Crippen LogP contribution in [0.2, 0.25) is 0 Å². The fourth-order valence-electron chi connectivity index (χ4n) is 3.40. The van der Waals surface area contributed by atoms with E-state index in [0.717, 1.165) is 30.9 Å². The highest BCUT2D eigenvalue weighted by molar-refractivity contribution is 4.84. The van der Waals surface area contributed by atoms with Crippen molar-refractivity contribution < 1.29 is 4.74 Å². The third-order valence-electron chi connectivity index (χ3n) is 4.55. The molecule has 0 aromatic rings. The van der Waals surface area contributed by atoms with Gasteiger partial charge >= 0.3 is 0 Å². The van der Waals surface area contributed by atoms with Crippen LogP contribution in [0.25, 0.3) is 0 Å². The highest BCUT2D eigenvalue weighted by Gasteiger charge is 2.32. The van der Waals surface area contributed by atoms with Crippen molar-refractivity contribution in [1.82, 2.24) is 5.32 Å². The van der Waals surface area contributed by atoms with Crippen molar-refractivity contribution in [2.24, 2.45) is 23.7 Å². The van der Waals surface area contributed by atoms with Crippen LogP contribution in [-0.2, 0) is 4.74 Å². The molecule has 17 heavy (non-hydrogen) atoms. The largest absolute Gasteiger partial charge is 0.384 e. The second-order valence-corrected chi connectivity index (χ2v) is 5.75. The minimum absolute atomic E-state index is 0.706. The molecule has 1 N–H and O–H groups in total. The van der Waals surface area contributed by atoms with Gasteiger partial charge in [-0.1, -0.05) is 33.6 Å². The Hall–Kier alpha value is -0.0800. The van der Waals surface area contributed by atoms with Gasteiger partial charge in [0.1, 0.15) is 0 Å². The molecule has 2 nitrogen and oxygen atoms in total. The topological polar surface area (TPSA) is 21.3 Å². The lowest BCUT2D eigenvalue weighted by Crippen LogP contribution is -2.37. The Morgan fingerprint density at radius 3 is 2.65 bits per heavy atom. The fraction of sp³-hybridized carbons (Fsp3) is 1.00. The third kappa shape index (κ3) is 4.59. The van der Waals surface area contributed by atoms with Crippen molar-refractivity contribution >= 4 is 0 Å². The molecule has 1 fully saturated rings. The maximum absolute atomic E-state index is 5.36. The Morgan fingerprint density at radius 2 is 2.06 bits per heavy atom. The predicted octanol–water partition coefficient (Wildman–Crippen LogP) is 3.32. The number of nitrogens with one attached hydrogen (secondary N) is 1. The summed E-state index contributed by atoms with van der Waals surface area (Å²) in [6, 6.07) is 0. The molecule has 1 saturated carbocycles. The van der Waals surface area contributed by atoms with Crippen molar-refractivity contribution in [2.75, 3.05) is 26.8 Å². The number of methoxy groups -OCH3 is 1. The number of ether oxygens (including phenoxy) is 1. The van der Waals surface area contributed by atoms with Gasteiger partial charge in [0.25, 0.3) is 0 Å². The summed E-state index contributed by atoms with van der Waals surface area (Å²) in [5.41, 5.74) is 0. The number of hydrogen-bond acceptors (Lipinski definition) is 2. The van der Waals surface area contributed by atoms with E-state index in [1.165, 1.54) is 32.2 Å². The quantitative estimate of drug-likeness (QED) is 0.738. The van der Waals surface area contributed by atoms with Crippen LogP contribution < -0.4 is 5.32 Å². The fourth-order valence-corrected chi connectivity index (χ4v) is 3.40. The first-order valence-corrected chi connectivity index (χ1v) is 7.42. The molecule has 0 bridgehead atoms. The highest BCUT2D eigenvalue weighted by atomic mass is 16.5. The summed E-state index contributed by atoms with van der Waals surface area (Å²) in [6.07, 6.45) is 5.61. The molecule has 2 heteroatoms. The Labute approximate surface area is 108 Å². The van der Waals surface area contributed by atoms with E-state index >= 15 is 0 Å². The van der Waals surface area contributed by atoms with Gasteiger partial charge in [0.2, 0.25) is 0 Å². The summed E-state index contributed by atoms with van der Waals surface area (Å²) in [5.74, 6) is 3.38. The van der Waals surface area contributed by atoms with E-state index in [9.17, 15) is 0 Å². The lowest BCUT2D eigenvalue weighted by molar-refractivity contribution is 0.0650. The van der Waals surface area contributed by atoms with Crippen LogP contribution in [0.4, 0.5) is 0 Å². The van der Waals surface area contributed by atoms with Gasteiger partial charge < -0.3 is 10.1 Å². The van der Waals surface area contributed by atoms with E-state index in [-0.39, 0.29) is 0 Å². The average molecular weight is 241 g/mol. The van der Waals surface area contributed by atoms with Crippen LogP contribution in [0.15, 0.2) is 0 Å². The monoisotopic (exact) mass is 241 g/mol. The van der Waals surface area contributed by atoms with E-state index in [1.54, 1.807) is 0 Å². The molecule has 4 atom stereocenters. The molecule has 1 aliphatic rings. The van der Waals surface area contributed by atoms with Crippen molar-refractivity contribution in [2.45, 2.75) is 46.5 Å². The maximum atomic E-state index is 5.36. The molecule has 0 aromatic carbocycles. The lowest BCUT2D eigenvalue weighted by atomic mass is 9.68. The van der Waals surface area contributed by atoms with Gasteiger partial charge in [-0.25, -0.2) is 0 Å². The Bertz CT molecular complexity index is 195. The van der Waals surface area contributed by atoms with E-state index in [0.29, 0.717) is 5.92 Å². The summed E-state index contributed by atoms with van der Waals surface area (Å²) in [6.45, 7) is 10.1. The van der Waals surface area contributed by atoms with Crippen LogP contribution in [0.3, 0.4) is 0 Å². The van der Waals surface area contributed by atoms with Crippen LogP contribution >= 0.6 is 0 Å². The smallest absolute Gasteiger partial charge is 0.0490 e. The molecule has 0 heterocycles. The van der Waals surface area contributed by atoms with Gasteiger partial charge in [-0.3, -0.25) is 0 Å². The summed E-state index contributed by atoms with van der Waals surface area (Å²) in [5, 5.41) is 3.54. The number of rotatable bonds is 7.